The maximum atomic E-state index is 12.5. The van der Waals surface area contributed by atoms with Gasteiger partial charge in [-0.1, -0.05) is 358 Å². The van der Waals surface area contributed by atoms with Crippen LogP contribution >= 0.6 is 0 Å². The first-order valence-corrected chi connectivity index (χ1v) is 37.9. The highest BCUT2D eigenvalue weighted by Gasteiger charge is 2.18. The third-order valence-corrected chi connectivity index (χ3v) is 17.6. The number of aliphatic hydroxyl groups is 2. The molecular formula is C78H147NO5. The number of carbonyl (C=O) groups is 2. The first kappa shape index (κ1) is 81.8. The van der Waals surface area contributed by atoms with Crippen LogP contribution in [0.15, 0.2) is 48.6 Å². The third-order valence-electron chi connectivity index (χ3n) is 17.6. The van der Waals surface area contributed by atoms with Gasteiger partial charge in [0.2, 0.25) is 5.91 Å². The summed E-state index contributed by atoms with van der Waals surface area (Å²) in [5, 5.41) is 23.2. The Balaban J connectivity index is 3.36. The minimum atomic E-state index is -0.842. The number of esters is 1. The Morgan fingerprint density at radius 3 is 0.917 bits per heavy atom. The molecule has 0 heterocycles. The van der Waals surface area contributed by atoms with Crippen molar-refractivity contribution in [1.82, 2.24) is 5.32 Å². The molecule has 84 heavy (non-hydrogen) atoms. The fourth-order valence-electron chi connectivity index (χ4n) is 11.8. The molecule has 0 spiro atoms. The average molecular weight is 1180 g/mol. The largest absolute Gasteiger partial charge is 0.466 e. The van der Waals surface area contributed by atoms with Crippen molar-refractivity contribution >= 4 is 11.9 Å². The van der Waals surface area contributed by atoms with Crippen molar-refractivity contribution < 1.29 is 24.5 Å². The lowest BCUT2D eigenvalue weighted by molar-refractivity contribution is -0.143. The number of aliphatic hydroxyl groups excluding tert-OH is 2. The number of carbonyl (C=O) groups excluding carboxylic acids is 2. The van der Waals surface area contributed by atoms with Crippen LogP contribution in [0.3, 0.4) is 0 Å². The molecular weight excluding hydrogens is 1030 g/mol. The van der Waals surface area contributed by atoms with Crippen LogP contribution in [0.25, 0.3) is 0 Å². The Morgan fingerprint density at radius 1 is 0.333 bits per heavy atom. The second-order valence-electron chi connectivity index (χ2n) is 26.0. The summed E-state index contributed by atoms with van der Waals surface area (Å²) in [5.41, 5.74) is 0. The molecule has 0 aliphatic carbocycles. The van der Waals surface area contributed by atoms with E-state index < -0.39 is 12.1 Å². The van der Waals surface area contributed by atoms with Crippen molar-refractivity contribution in [3.05, 3.63) is 48.6 Å². The molecule has 0 aromatic rings. The van der Waals surface area contributed by atoms with Crippen LogP contribution in [0.4, 0.5) is 0 Å². The van der Waals surface area contributed by atoms with Crippen molar-refractivity contribution in [3.8, 4) is 0 Å². The number of hydrogen-bond donors (Lipinski definition) is 3. The summed E-state index contributed by atoms with van der Waals surface area (Å²) in [6.07, 6.45) is 96.6. The lowest BCUT2D eigenvalue weighted by Gasteiger charge is -2.20. The molecule has 0 bridgehead atoms. The molecule has 0 aliphatic rings. The molecule has 1 amide bonds. The Labute approximate surface area is 525 Å². The van der Waals surface area contributed by atoms with Gasteiger partial charge in [0.15, 0.2) is 0 Å². The zero-order valence-corrected chi connectivity index (χ0v) is 56.6. The molecule has 494 valence electrons. The molecule has 3 N–H and O–H groups in total. The van der Waals surface area contributed by atoms with E-state index in [-0.39, 0.29) is 18.5 Å². The maximum Gasteiger partial charge on any atom is 0.305 e. The van der Waals surface area contributed by atoms with Gasteiger partial charge in [0.25, 0.3) is 0 Å². The number of hydrogen-bond acceptors (Lipinski definition) is 5. The van der Waals surface area contributed by atoms with Gasteiger partial charge in [-0.2, -0.15) is 0 Å². The molecule has 6 heteroatoms. The summed E-state index contributed by atoms with van der Waals surface area (Å²) in [5.74, 6) is -0.0514. The van der Waals surface area contributed by atoms with Crippen molar-refractivity contribution in [1.29, 1.82) is 0 Å². The van der Waals surface area contributed by atoms with E-state index in [1.54, 1.807) is 6.08 Å². The maximum absolute atomic E-state index is 12.5. The van der Waals surface area contributed by atoms with E-state index in [1.807, 2.05) is 6.08 Å². The predicted octanol–water partition coefficient (Wildman–Crippen LogP) is 24.8. The normalized spacial score (nSPS) is 12.8. The molecule has 0 fully saturated rings. The second-order valence-corrected chi connectivity index (χ2v) is 26.0. The van der Waals surface area contributed by atoms with E-state index in [1.165, 1.54) is 334 Å². The average Bonchev–Trinajstić information content (AvgIpc) is 3.52. The third kappa shape index (κ3) is 68.9. The van der Waals surface area contributed by atoms with E-state index in [0.717, 1.165) is 51.4 Å². The first-order valence-electron chi connectivity index (χ1n) is 37.9. The summed E-state index contributed by atoms with van der Waals surface area (Å²) in [4.78, 5) is 24.5. The van der Waals surface area contributed by atoms with Gasteiger partial charge < -0.3 is 20.3 Å². The standard InChI is InChI=1S/C78H147NO5/c1-3-5-7-9-11-13-15-17-46-50-54-58-62-66-70-76(81)75(74-80)79-77(82)71-67-63-59-55-51-47-44-42-40-38-36-34-32-30-28-26-24-22-20-19-21-23-25-27-29-31-33-35-37-39-41-43-45-49-53-57-61-65-69-73-84-78(83)72-68-64-60-56-52-48-18-16-14-12-10-8-6-4-2/h16,18-20,23,25,66,70,75-76,80-81H,3-15,17,21-22,24,26-65,67-69,71-74H2,1-2H3,(H,79,82)/b18-16-,20-19-,25-23-,70-66+. The van der Waals surface area contributed by atoms with Crippen LogP contribution in [0, 0.1) is 0 Å². The number of unbranched alkanes of at least 4 members (excludes halogenated alkanes) is 54. The zero-order chi connectivity index (χ0) is 60.6. The molecule has 0 aromatic heterocycles. The van der Waals surface area contributed by atoms with E-state index in [0.29, 0.717) is 19.4 Å². The Bertz CT molecular complexity index is 1400. The van der Waals surface area contributed by atoms with Gasteiger partial charge in [0, 0.05) is 12.8 Å². The lowest BCUT2D eigenvalue weighted by Crippen LogP contribution is -2.45. The Hall–Kier alpha value is -2.18. The second kappa shape index (κ2) is 73.3. The molecule has 0 saturated carbocycles. The monoisotopic (exact) mass is 1180 g/mol. The van der Waals surface area contributed by atoms with Crippen LogP contribution in [-0.2, 0) is 14.3 Å². The fraction of sp³-hybridized carbons (Fsp3) is 0.872. The summed E-state index contributed by atoms with van der Waals surface area (Å²) in [7, 11) is 0. The summed E-state index contributed by atoms with van der Waals surface area (Å²) in [6, 6.07) is -0.625. The highest BCUT2D eigenvalue weighted by atomic mass is 16.5. The van der Waals surface area contributed by atoms with Crippen LogP contribution < -0.4 is 5.32 Å². The number of allylic oxidation sites excluding steroid dienone is 7. The quantitative estimate of drug-likeness (QED) is 0.0320. The minimum Gasteiger partial charge on any atom is -0.466 e. The topological polar surface area (TPSA) is 95.9 Å². The molecule has 0 aliphatic heterocycles. The number of rotatable bonds is 71. The van der Waals surface area contributed by atoms with Crippen molar-refractivity contribution in [3.63, 3.8) is 0 Å². The molecule has 0 radical (unpaired) electrons. The van der Waals surface area contributed by atoms with Crippen molar-refractivity contribution in [2.45, 2.75) is 424 Å². The van der Waals surface area contributed by atoms with E-state index in [2.05, 4.69) is 55.6 Å². The molecule has 6 nitrogen and oxygen atoms in total. The Kier molecular flexibility index (Phi) is 71.4. The molecule has 0 saturated heterocycles. The van der Waals surface area contributed by atoms with Crippen molar-refractivity contribution in [2.24, 2.45) is 0 Å². The molecule has 0 rings (SSSR count). The van der Waals surface area contributed by atoms with Crippen LogP contribution in [0.5, 0.6) is 0 Å². The molecule has 2 unspecified atom stereocenters. The van der Waals surface area contributed by atoms with E-state index in [9.17, 15) is 19.8 Å². The van der Waals surface area contributed by atoms with Gasteiger partial charge in [0.1, 0.15) is 0 Å². The van der Waals surface area contributed by atoms with E-state index in [4.69, 9.17) is 4.74 Å². The molecule has 2 atom stereocenters. The zero-order valence-electron chi connectivity index (χ0n) is 56.6. The van der Waals surface area contributed by atoms with Crippen molar-refractivity contribution in [2.75, 3.05) is 13.2 Å². The van der Waals surface area contributed by atoms with Crippen LogP contribution in [0.2, 0.25) is 0 Å². The predicted molar refractivity (Wildman–Crippen MR) is 370 cm³/mol. The smallest absolute Gasteiger partial charge is 0.305 e. The minimum absolute atomic E-state index is 0.0118. The summed E-state index contributed by atoms with van der Waals surface area (Å²) >= 11 is 0. The Morgan fingerprint density at radius 2 is 0.595 bits per heavy atom. The van der Waals surface area contributed by atoms with Gasteiger partial charge in [-0.3, -0.25) is 9.59 Å². The SMILES string of the molecule is CCCCCCC/C=C\CCCCCCCC(=O)OCCCCCCCCCCCCCCCCC/C=C\C/C=C\CCCCCCCCCCCCCCCCCCCC(=O)NC(CO)C(O)/C=C/CCCCCCCCCCCCCC. The summed E-state index contributed by atoms with van der Waals surface area (Å²) in [6.45, 7) is 4.92. The fourth-order valence-corrected chi connectivity index (χ4v) is 11.8. The highest BCUT2D eigenvalue weighted by Crippen LogP contribution is 2.19. The number of amides is 1. The highest BCUT2D eigenvalue weighted by molar-refractivity contribution is 5.76. The van der Waals surface area contributed by atoms with Gasteiger partial charge in [-0.05, 0) is 89.9 Å². The van der Waals surface area contributed by atoms with Crippen LogP contribution in [-0.4, -0.2) is 47.4 Å². The van der Waals surface area contributed by atoms with Gasteiger partial charge in [-0.15, -0.1) is 0 Å². The number of nitrogens with one attached hydrogen (secondary N) is 1. The van der Waals surface area contributed by atoms with Gasteiger partial charge >= 0.3 is 5.97 Å². The van der Waals surface area contributed by atoms with E-state index >= 15 is 0 Å². The molecule has 0 aromatic carbocycles. The summed E-state index contributed by atoms with van der Waals surface area (Å²) < 4.78 is 5.49. The number of ether oxygens (including phenoxy) is 1. The lowest BCUT2D eigenvalue weighted by atomic mass is 10.0. The van der Waals surface area contributed by atoms with Crippen LogP contribution in [0.1, 0.15) is 412 Å². The first-order chi connectivity index (χ1) is 41.5. The van der Waals surface area contributed by atoms with Gasteiger partial charge in [-0.25, -0.2) is 0 Å². The van der Waals surface area contributed by atoms with Gasteiger partial charge in [0.05, 0.1) is 25.4 Å².